The first-order chi connectivity index (χ1) is 63.7. The zero-order valence-corrected chi connectivity index (χ0v) is 76.9. The number of halogens is 6. The third-order valence-electron chi connectivity index (χ3n) is 21.0. The van der Waals surface area contributed by atoms with Gasteiger partial charge in [0.15, 0.2) is 23.0 Å². The van der Waals surface area contributed by atoms with Gasteiger partial charge in [0.2, 0.25) is 0 Å². The Morgan fingerprint density at radius 1 is 0.414 bits per heavy atom. The fraction of sp³-hybridized carbons (Fsp3) is 0.327. The van der Waals surface area contributed by atoms with Crippen LogP contribution in [0.4, 0.5) is 30.9 Å². The minimum absolute atomic E-state index is 0. The molecule has 32 heteroatoms. The van der Waals surface area contributed by atoms with Crippen molar-refractivity contribution in [1.29, 1.82) is 0 Å². The zero-order chi connectivity index (χ0) is 91.6. The zero-order valence-electron chi connectivity index (χ0n) is 73.8. The van der Waals surface area contributed by atoms with Crippen LogP contribution in [-0.2, 0) is 121 Å². The quantitative estimate of drug-likeness (QED) is 0.00911. The van der Waals surface area contributed by atoms with E-state index in [9.17, 15) is 44.4 Å². The number of carbonyl (C=O) groups excluding carboxylic acids is 4. The molecule has 4 heterocycles. The van der Waals surface area contributed by atoms with Crippen molar-refractivity contribution >= 4 is 69.6 Å². The number of rotatable bonds is 28. The van der Waals surface area contributed by atoms with Crippen LogP contribution in [0.15, 0.2) is 152 Å². The monoisotopic (exact) mass is 1940 g/mol. The fourth-order valence-corrected chi connectivity index (χ4v) is 14.7. The number of amides is 2. The molecule has 0 unspecified atom stereocenters. The van der Waals surface area contributed by atoms with E-state index in [0.717, 1.165) is 91.1 Å². The van der Waals surface area contributed by atoms with E-state index in [1.165, 1.54) is 69.7 Å². The first-order valence-corrected chi connectivity index (χ1v) is 46.1. The third kappa shape index (κ3) is 37.4. The maximum Gasteiger partial charge on any atom is 2.00 e. The van der Waals surface area contributed by atoms with Gasteiger partial charge in [-0.25, -0.2) is 0 Å². The molecule has 9 aromatic rings. The normalized spacial score (nSPS) is 17.2. The minimum Gasteiger partial charge on any atom is -0.494 e. The van der Waals surface area contributed by atoms with Crippen LogP contribution in [0.1, 0.15) is 100 Å². The van der Waals surface area contributed by atoms with Crippen LogP contribution in [0.5, 0.6) is 28.7 Å². The molecule has 706 valence electrons. The number of ether oxygens (including phenoxy) is 13. The van der Waals surface area contributed by atoms with E-state index in [-0.39, 0.29) is 78.9 Å². The number of fused-ring (bicyclic) bond motifs is 4. The van der Waals surface area contributed by atoms with E-state index < -0.39 is 19.7 Å². The predicted molar refractivity (Wildman–Crippen MR) is 487 cm³/mol. The molecule has 4 saturated carbocycles. The molecule has 23 nitrogen and oxygen atoms in total. The van der Waals surface area contributed by atoms with Crippen molar-refractivity contribution in [3.63, 3.8) is 0 Å². The molecule has 0 atom stereocenters. The summed E-state index contributed by atoms with van der Waals surface area (Å²) in [7, 11) is -10.7. The van der Waals surface area contributed by atoms with Gasteiger partial charge in [0.25, 0.3) is 11.8 Å². The van der Waals surface area contributed by atoms with Crippen LogP contribution in [0.3, 0.4) is 0 Å². The number of aromatic nitrogens is 3. The van der Waals surface area contributed by atoms with E-state index in [2.05, 4.69) is 99.4 Å². The van der Waals surface area contributed by atoms with Gasteiger partial charge in [0, 0.05) is 65.0 Å². The van der Waals surface area contributed by atoms with Crippen LogP contribution in [0.2, 0.25) is 0 Å². The van der Waals surface area contributed by atoms with Crippen molar-refractivity contribution in [1.82, 2.24) is 19.9 Å². The maximum atomic E-state index is 13.6. The molecule has 1 saturated heterocycles. The largest absolute Gasteiger partial charge is 2.00 e. The Kier molecular flexibility index (Phi) is 44.4. The molecule has 0 bridgehead atoms. The molecular formula is C101H111F6Fe2N6O17P+4. The first-order valence-electron chi connectivity index (χ1n) is 44.1. The number of esters is 2. The number of anilines is 1. The Labute approximate surface area is 798 Å². The summed E-state index contributed by atoms with van der Waals surface area (Å²) in [5, 5.41) is 17.8. The number of carbonyl (C=O) groups is 4. The number of nitrogens with zero attached hydrogens (tertiary/aromatic N) is 5. The summed E-state index contributed by atoms with van der Waals surface area (Å²) in [6.07, 6.45) is 45.2. The topological polar surface area (TPSA) is 242 Å². The minimum atomic E-state index is -10.7. The van der Waals surface area contributed by atoms with Gasteiger partial charge in [0.1, 0.15) is 64.2 Å². The van der Waals surface area contributed by atoms with Gasteiger partial charge >= 0.3 is 79.1 Å². The summed E-state index contributed by atoms with van der Waals surface area (Å²) >= 11 is 0. The number of quaternary nitrogens is 1. The van der Waals surface area contributed by atoms with Gasteiger partial charge in [-0.05, 0) is 234 Å². The second kappa shape index (κ2) is 55.5. The number of hydrogen-bond donors (Lipinski definition) is 1. The first kappa shape index (κ1) is 106. The van der Waals surface area contributed by atoms with Crippen LogP contribution in [0, 0.1) is 127 Å². The Balaban J connectivity index is 0.000000235. The molecular weight excluding hydrogens is 1830 g/mol. The van der Waals surface area contributed by atoms with Gasteiger partial charge in [-0.1, -0.05) is 117 Å². The molecule has 4 aliphatic carbocycles. The summed E-state index contributed by atoms with van der Waals surface area (Å²) in [5.74, 6) is 2.70. The van der Waals surface area contributed by atoms with E-state index in [1.54, 1.807) is 80.3 Å². The molecule has 2 amide bonds. The number of hydrogen-bond acceptors (Lipinski definition) is 20. The number of morpholine rings is 1. The van der Waals surface area contributed by atoms with Crippen LogP contribution in [-0.4, -0.2) is 169 Å². The summed E-state index contributed by atoms with van der Waals surface area (Å²) in [6.45, 7) is 11.2. The standard InChI is InChI=1S/C53H58N6O5.C38H42O12.2C5H5.F6P.2Fe/c60-52-47-19-13-18-46-50(57-28-32-62-33-29-57)25-24-48(51(46)47)53(61)59(52)27-26-58-37-42(55-56-58)38-63-30-11-5-3-1-2-4-6-12-31-64-43-22-20-39(21-23-43)35-54-36-49-44-16-9-7-14-40(44)34-41-15-8-10-17-45(41)49;39-37(31-5-1-2-6-31)49-27-29-9-11-33-35(25-29)47-23-19-43-15-16-44-20-24-48-36-26-30(28-50-38(40)32-7-3-4-8-32)10-12-34(36)46-22-18-42-14-13-41-17-21-45-33;2*1-2-4-5-3-1;1-7(2,3,4,5)6;;/h7-10,13-25,34,37,54H,1-6,11-12,26-33,35-36,38H2;1-12,25-26H,13-24,27-28H2;2*1-5H;;;/q;;;;-1;2*+2/p+1. The predicted octanol–water partition coefficient (Wildman–Crippen LogP) is 18.1. The Bertz CT molecular complexity index is 4810. The molecule has 8 aromatic carbocycles. The van der Waals surface area contributed by atoms with Gasteiger partial charge < -0.3 is 71.8 Å². The molecule has 7 aliphatic rings. The molecule has 5 fully saturated rings. The maximum absolute atomic E-state index is 13.6. The smallest absolute Gasteiger partial charge is 0.494 e. The van der Waals surface area contributed by atoms with Crippen LogP contribution in [0.25, 0.3) is 32.3 Å². The SMILES string of the molecule is F[P-](F)(F)(F)(F)F.O=C(OCc1ccc2c(c1)OCCOCCOCCOc1cc(COC(=O)[C]3[CH][CH][CH][CH]3)ccc1OCCOCCOCCO2)[C]1[CH][CH][CH][CH]1.O=C1c2cccc3c(N4CCOCC4)ccc(c23)C(=O)N1CCn1cc(COCCCCCCCCCCOc2ccc(C[NH2+]Cc3c4ccccc4cc4ccccc34)cc2)nn1.[CH]1[CH][CH][CH][CH]1.[CH]1[CH][CH][CH][CH]1.[Fe+2].[Fe+2]. The number of unbranched alkanes of at least 4 members (excludes halogenated alkanes) is 7. The molecule has 0 spiro atoms. The molecule has 1 aromatic heterocycles. The van der Waals surface area contributed by atoms with Crippen molar-refractivity contribution in [2.45, 2.75) is 90.8 Å². The average molecular weight is 1940 g/mol. The van der Waals surface area contributed by atoms with E-state index in [0.29, 0.717) is 145 Å². The number of nitrogens with two attached hydrogens (primary N) is 1. The van der Waals surface area contributed by atoms with Gasteiger partial charge in [-0.3, -0.25) is 28.8 Å². The van der Waals surface area contributed by atoms with Crippen LogP contribution < -0.4 is 33.9 Å². The van der Waals surface area contributed by atoms with Crippen molar-refractivity contribution in [2.24, 2.45) is 0 Å². The number of imide groups is 1. The molecule has 16 rings (SSSR count). The van der Waals surface area contributed by atoms with E-state index in [4.69, 9.17) is 61.6 Å². The molecule has 3 aliphatic heterocycles. The van der Waals surface area contributed by atoms with Gasteiger partial charge in [-0.2, -0.15) is 0 Å². The van der Waals surface area contributed by atoms with Gasteiger partial charge in [-0.15, -0.1) is 5.10 Å². The summed E-state index contributed by atoms with van der Waals surface area (Å²) in [4.78, 5) is 55.3. The fourth-order valence-electron chi connectivity index (χ4n) is 14.7. The van der Waals surface area contributed by atoms with Crippen molar-refractivity contribution in [3.8, 4) is 28.7 Å². The Hall–Kier alpha value is -8.67. The summed E-state index contributed by atoms with van der Waals surface area (Å²) in [5.41, 5.74) is 7.10. The van der Waals surface area contributed by atoms with Crippen molar-refractivity contribution in [2.75, 3.05) is 130 Å². The summed E-state index contributed by atoms with van der Waals surface area (Å²) in [6, 6.07) is 48.7. The Morgan fingerprint density at radius 3 is 1.34 bits per heavy atom. The van der Waals surface area contributed by atoms with E-state index >= 15 is 0 Å². The van der Waals surface area contributed by atoms with Crippen LogP contribution >= 0.6 is 7.81 Å². The average Bonchev–Trinajstić information content (AvgIpc) is 1.31. The second-order valence-corrected chi connectivity index (χ2v) is 32.8. The van der Waals surface area contributed by atoms with Gasteiger partial charge in [0.05, 0.1) is 104 Å². The van der Waals surface area contributed by atoms with Crippen molar-refractivity contribution in [3.05, 3.63) is 318 Å². The third-order valence-corrected chi connectivity index (χ3v) is 21.0. The Morgan fingerprint density at radius 2 is 0.842 bits per heavy atom. The molecule has 2 N–H and O–H groups in total. The van der Waals surface area contributed by atoms with Crippen molar-refractivity contribution < 1.29 is 145 Å². The second-order valence-electron chi connectivity index (χ2n) is 30.9. The summed E-state index contributed by atoms with van der Waals surface area (Å²) < 4.78 is 136. The molecule has 20 radical (unpaired) electrons. The molecule has 133 heavy (non-hydrogen) atoms. The number of benzene rings is 8. The van der Waals surface area contributed by atoms with E-state index in [1.807, 2.05) is 113 Å².